The zero-order valence-corrected chi connectivity index (χ0v) is 13.3. The second-order valence-electron chi connectivity index (χ2n) is 6.48. The van der Waals surface area contributed by atoms with Crippen LogP contribution in [-0.4, -0.2) is 30.6 Å². The normalized spacial score (nSPS) is 19.1. The predicted octanol–water partition coefficient (Wildman–Crippen LogP) is 3.83. The Balaban J connectivity index is 1.59. The van der Waals surface area contributed by atoms with E-state index in [1.54, 1.807) is 0 Å². The summed E-state index contributed by atoms with van der Waals surface area (Å²) in [5.74, 6) is 0. The number of piperidine rings is 1. The SMILES string of the molecule is CCN1CCC(NC2c3ccccc3-c3ccccc32)CC1. The minimum Gasteiger partial charge on any atom is -0.303 e. The van der Waals surface area contributed by atoms with Gasteiger partial charge in [0.1, 0.15) is 0 Å². The molecule has 2 heteroatoms. The highest BCUT2D eigenvalue weighted by Gasteiger charge is 2.30. The summed E-state index contributed by atoms with van der Waals surface area (Å²) in [5, 5.41) is 3.95. The number of likely N-dealkylation sites (tertiary alicyclic amines) is 1. The van der Waals surface area contributed by atoms with Gasteiger partial charge < -0.3 is 10.2 Å². The fourth-order valence-corrected chi connectivity index (χ4v) is 3.99. The van der Waals surface area contributed by atoms with E-state index in [2.05, 4.69) is 65.7 Å². The molecule has 2 nitrogen and oxygen atoms in total. The van der Waals surface area contributed by atoms with Crippen molar-refractivity contribution in [3.8, 4) is 11.1 Å². The molecular formula is C20H24N2. The summed E-state index contributed by atoms with van der Waals surface area (Å²) < 4.78 is 0. The smallest absolute Gasteiger partial charge is 0.0591 e. The lowest BCUT2D eigenvalue weighted by molar-refractivity contribution is 0.202. The van der Waals surface area contributed by atoms with Crippen molar-refractivity contribution in [1.82, 2.24) is 10.2 Å². The van der Waals surface area contributed by atoms with Gasteiger partial charge in [0.25, 0.3) is 0 Å². The lowest BCUT2D eigenvalue weighted by Crippen LogP contribution is -2.43. The summed E-state index contributed by atoms with van der Waals surface area (Å²) in [6.45, 7) is 5.90. The van der Waals surface area contributed by atoms with E-state index in [4.69, 9.17) is 0 Å². The van der Waals surface area contributed by atoms with E-state index in [1.807, 2.05) is 0 Å². The van der Waals surface area contributed by atoms with E-state index in [-0.39, 0.29) is 0 Å². The Morgan fingerprint density at radius 2 is 1.45 bits per heavy atom. The van der Waals surface area contributed by atoms with E-state index in [9.17, 15) is 0 Å². The average Bonchev–Trinajstić information content (AvgIpc) is 2.90. The molecule has 2 aromatic rings. The van der Waals surface area contributed by atoms with Crippen LogP contribution in [0.25, 0.3) is 11.1 Å². The van der Waals surface area contributed by atoms with Crippen LogP contribution >= 0.6 is 0 Å². The molecule has 0 aromatic heterocycles. The van der Waals surface area contributed by atoms with Gasteiger partial charge in [0.05, 0.1) is 6.04 Å². The standard InChI is InChI=1S/C20H24N2/c1-2-22-13-11-15(12-14-22)21-20-18-9-5-3-7-16(18)17-8-4-6-10-19(17)20/h3-10,15,20-21H,2,11-14H2,1H3. The summed E-state index contributed by atoms with van der Waals surface area (Å²) in [5.41, 5.74) is 5.70. The maximum atomic E-state index is 3.95. The van der Waals surface area contributed by atoms with Gasteiger partial charge in [0.2, 0.25) is 0 Å². The van der Waals surface area contributed by atoms with Gasteiger partial charge >= 0.3 is 0 Å². The van der Waals surface area contributed by atoms with Crippen LogP contribution in [0.3, 0.4) is 0 Å². The van der Waals surface area contributed by atoms with Gasteiger partial charge in [-0.2, -0.15) is 0 Å². The zero-order valence-electron chi connectivity index (χ0n) is 13.3. The number of benzene rings is 2. The van der Waals surface area contributed by atoms with Crippen molar-refractivity contribution in [2.24, 2.45) is 0 Å². The molecule has 4 rings (SSSR count). The van der Waals surface area contributed by atoms with E-state index in [1.165, 1.54) is 54.7 Å². The van der Waals surface area contributed by atoms with Crippen molar-refractivity contribution in [3.05, 3.63) is 59.7 Å². The lowest BCUT2D eigenvalue weighted by Gasteiger charge is -2.33. The average molecular weight is 292 g/mol. The Morgan fingerprint density at radius 3 is 2.00 bits per heavy atom. The van der Waals surface area contributed by atoms with Crippen LogP contribution in [0.1, 0.15) is 36.9 Å². The van der Waals surface area contributed by atoms with Crippen LogP contribution in [0.5, 0.6) is 0 Å². The maximum Gasteiger partial charge on any atom is 0.0591 e. The second-order valence-corrected chi connectivity index (χ2v) is 6.48. The molecule has 1 aliphatic heterocycles. The summed E-state index contributed by atoms with van der Waals surface area (Å²) >= 11 is 0. The largest absolute Gasteiger partial charge is 0.303 e. The van der Waals surface area contributed by atoms with Crippen molar-refractivity contribution in [2.75, 3.05) is 19.6 Å². The maximum absolute atomic E-state index is 3.95. The van der Waals surface area contributed by atoms with Gasteiger partial charge in [0.15, 0.2) is 0 Å². The van der Waals surface area contributed by atoms with Crippen LogP contribution in [0.4, 0.5) is 0 Å². The monoisotopic (exact) mass is 292 g/mol. The molecule has 0 radical (unpaired) electrons. The second kappa shape index (κ2) is 5.86. The first-order valence-electron chi connectivity index (χ1n) is 8.53. The Morgan fingerprint density at radius 1 is 0.909 bits per heavy atom. The first kappa shape index (κ1) is 14.0. The van der Waals surface area contributed by atoms with Crippen molar-refractivity contribution in [1.29, 1.82) is 0 Å². The van der Waals surface area contributed by atoms with E-state index >= 15 is 0 Å². The predicted molar refractivity (Wildman–Crippen MR) is 92.0 cm³/mol. The molecule has 2 aliphatic rings. The molecule has 2 aromatic carbocycles. The molecule has 114 valence electrons. The van der Waals surface area contributed by atoms with Crippen molar-refractivity contribution < 1.29 is 0 Å². The highest BCUT2D eigenvalue weighted by atomic mass is 15.1. The van der Waals surface area contributed by atoms with Gasteiger partial charge in [0, 0.05) is 6.04 Å². The van der Waals surface area contributed by atoms with Crippen molar-refractivity contribution in [2.45, 2.75) is 31.8 Å². The van der Waals surface area contributed by atoms with Crippen LogP contribution in [0.2, 0.25) is 0 Å². The molecule has 1 fully saturated rings. The first-order chi connectivity index (χ1) is 10.9. The molecule has 0 saturated carbocycles. The summed E-state index contributed by atoms with van der Waals surface area (Å²) in [7, 11) is 0. The molecule has 0 spiro atoms. The van der Waals surface area contributed by atoms with Crippen LogP contribution < -0.4 is 5.32 Å². The fourth-order valence-electron chi connectivity index (χ4n) is 3.99. The molecule has 0 amide bonds. The topological polar surface area (TPSA) is 15.3 Å². The quantitative estimate of drug-likeness (QED) is 0.925. The summed E-state index contributed by atoms with van der Waals surface area (Å²) in [4.78, 5) is 2.55. The number of hydrogen-bond donors (Lipinski definition) is 1. The number of nitrogens with zero attached hydrogens (tertiary/aromatic N) is 1. The lowest BCUT2D eigenvalue weighted by atomic mass is 9.99. The molecular weight excluding hydrogens is 268 g/mol. The molecule has 1 saturated heterocycles. The molecule has 1 heterocycles. The third-order valence-electron chi connectivity index (χ3n) is 5.27. The minimum atomic E-state index is 0.366. The van der Waals surface area contributed by atoms with Gasteiger partial charge in [-0.05, 0) is 54.7 Å². The number of nitrogens with one attached hydrogen (secondary N) is 1. The highest BCUT2D eigenvalue weighted by Crippen LogP contribution is 2.43. The molecule has 0 unspecified atom stereocenters. The summed E-state index contributed by atoms with van der Waals surface area (Å²) in [6.07, 6.45) is 2.52. The van der Waals surface area contributed by atoms with Gasteiger partial charge in [-0.25, -0.2) is 0 Å². The number of hydrogen-bond acceptors (Lipinski definition) is 2. The Bertz CT molecular complexity index is 611. The third kappa shape index (κ3) is 2.37. The highest BCUT2D eigenvalue weighted by molar-refractivity contribution is 5.78. The van der Waals surface area contributed by atoms with Crippen LogP contribution in [0.15, 0.2) is 48.5 Å². The van der Waals surface area contributed by atoms with Gasteiger partial charge in [-0.15, -0.1) is 0 Å². The van der Waals surface area contributed by atoms with Crippen molar-refractivity contribution >= 4 is 0 Å². The fraction of sp³-hybridized carbons (Fsp3) is 0.400. The van der Waals surface area contributed by atoms with Crippen LogP contribution in [0, 0.1) is 0 Å². The molecule has 1 N–H and O–H groups in total. The van der Waals surface area contributed by atoms with Crippen LogP contribution in [-0.2, 0) is 0 Å². The Kier molecular flexibility index (Phi) is 3.73. The van der Waals surface area contributed by atoms with Gasteiger partial charge in [-0.3, -0.25) is 0 Å². The first-order valence-corrected chi connectivity index (χ1v) is 8.53. The number of rotatable bonds is 3. The molecule has 1 aliphatic carbocycles. The van der Waals surface area contributed by atoms with E-state index in [0.29, 0.717) is 12.1 Å². The van der Waals surface area contributed by atoms with E-state index in [0.717, 1.165) is 0 Å². The zero-order chi connectivity index (χ0) is 14.9. The van der Waals surface area contributed by atoms with Crippen molar-refractivity contribution in [3.63, 3.8) is 0 Å². The third-order valence-corrected chi connectivity index (χ3v) is 5.27. The molecule has 22 heavy (non-hydrogen) atoms. The Hall–Kier alpha value is -1.64. The number of fused-ring (bicyclic) bond motifs is 3. The molecule has 0 bridgehead atoms. The minimum absolute atomic E-state index is 0.366. The molecule has 0 atom stereocenters. The summed E-state index contributed by atoms with van der Waals surface area (Å²) in [6, 6.07) is 18.7. The van der Waals surface area contributed by atoms with Gasteiger partial charge in [-0.1, -0.05) is 55.5 Å². The van der Waals surface area contributed by atoms with E-state index < -0.39 is 0 Å². The Labute approximate surface area is 133 Å².